The summed E-state index contributed by atoms with van der Waals surface area (Å²) in [6.45, 7) is 0. The lowest BCUT2D eigenvalue weighted by Gasteiger charge is -2.42. The Hall–Kier alpha value is -1.04. The van der Waals surface area contributed by atoms with E-state index in [0.29, 0.717) is 12.0 Å². The van der Waals surface area contributed by atoms with Crippen molar-refractivity contribution in [3.63, 3.8) is 0 Å². The normalized spacial score (nSPS) is 19.8. The molecular formula is C15H22F2N2O. The van der Waals surface area contributed by atoms with Crippen molar-refractivity contribution in [2.75, 3.05) is 7.11 Å². The highest BCUT2D eigenvalue weighted by Gasteiger charge is 2.40. The second-order valence-electron chi connectivity index (χ2n) is 5.47. The van der Waals surface area contributed by atoms with E-state index in [9.17, 15) is 8.78 Å². The smallest absolute Gasteiger partial charge is 0.162 e. The van der Waals surface area contributed by atoms with Gasteiger partial charge in [-0.25, -0.2) is 8.78 Å². The molecule has 20 heavy (non-hydrogen) atoms. The summed E-state index contributed by atoms with van der Waals surface area (Å²) in [7, 11) is 1.66. The fraction of sp³-hybridized carbons (Fsp3) is 0.600. The summed E-state index contributed by atoms with van der Waals surface area (Å²) in [6, 6.07) is 4.00. The first-order chi connectivity index (χ1) is 9.63. The minimum Gasteiger partial charge on any atom is -0.377 e. The zero-order valence-corrected chi connectivity index (χ0v) is 11.8. The van der Waals surface area contributed by atoms with Crippen molar-refractivity contribution in [2.45, 2.75) is 50.2 Å². The zero-order chi connectivity index (χ0) is 14.6. The van der Waals surface area contributed by atoms with Gasteiger partial charge in [-0.3, -0.25) is 11.3 Å². The molecule has 3 N–H and O–H groups in total. The van der Waals surface area contributed by atoms with Gasteiger partial charge in [-0.1, -0.05) is 31.4 Å². The minimum atomic E-state index is -0.826. The molecule has 1 aliphatic carbocycles. The van der Waals surface area contributed by atoms with Crippen LogP contribution in [0.4, 0.5) is 8.78 Å². The molecule has 0 saturated heterocycles. The molecule has 1 aliphatic rings. The molecule has 1 aromatic rings. The molecule has 1 fully saturated rings. The third-order valence-electron chi connectivity index (χ3n) is 4.40. The van der Waals surface area contributed by atoms with Crippen LogP contribution in [0.2, 0.25) is 0 Å². The van der Waals surface area contributed by atoms with Gasteiger partial charge in [0, 0.05) is 7.11 Å². The lowest BCUT2D eigenvalue weighted by atomic mass is 9.77. The summed E-state index contributed by atoms with van der Waals surface area (Å²) in [5, 5.41) is 0. The fourth-order valence-corrected chi connectivity index (χ4v) is 3.17. The van der Waals surface area contributed by atoms with Gasteiger partial charge in [0.05, 0.1) is 11.6 Å². The standard InChI is InChI=1S/C15H22F2N2O/c1-20-15(8-3-2-4-9-15)13(19-18)10-11-6-5-7-12(16)14(11)17/h5-7,13,19H,2-4,8-10,18H2,1H3. The summed E-state index contributed by atoms with van der Waals surface area (Å²) in [6.07, 6.45) is 5.39. The second-order valence-corrected chi connectivity index (χ2v) is 5.47. The van der Waals surface area contributed by atoms with Crippen molar-refractivity contribution in [3.8, 4) is 0 Å². The van der Waals surface area contributed by atoms with Gasteiger partial charge in [-0.2, -0.15) is 0 Å². The van der Waals surface area contributed by atoms with Crippen molar-refractivity contribution >= 4 is 0 Å². The topological polar surface area (TPSA) is 47.3 Å². The molecule has 0 amide bonds. The Morgan fingerprint density at radius 1 is 1.30 bits per heavy atom. The third kappa shape index (κ3) is 3.00. The number of benzene rings is 1. The molecule has 1 unspecified atom stereocenters. The molecule has 5 heteroatoms. The van der Waals surface area contributed by atoms with Crippen LogP contribution in [-0.4, -0.2) is 18.8 Å². The van der Waals surface area contributed by atoms with Crippen LogP contribution in [0.3, 0.4) is 0 Å². The summed E-state index contributed by atoms with van der Waals surface area (Å²) in [4.78, 5) is 0. The van der Waals surface area contributed by atoms with Gasteiger partial charge in [0.25, 0.3) is 0 Å². The van der Waals surface area contributed by atoms with Crippen LogP contribution in [0.5, 0.6) is 0 Å². The fourth-order valence-electron chi connectivity index (χ4n) is 3.17. The van der Waals surface area contributed by atoms with Crippen LogP contribution in [0.15, 0.2) is 18.2 Å². The van der Waals surface area contributed by atoms with E-state index >= 15 is 0 Å². The highest BCUT2D eigenvalue weighted by Crippen LogP contribution is 2.35. The average Bonchev–Trinajstić information content (AvgIpc) is 2.49. The van der Waals surface area contributed by atoms with E-state index in [2.05, 4.69) is 5.43 Å². The van der Waals surface area contributed by atoms with Crippen molar-refractivity contribution in [1.29, 1.82) is 0 Å². The first-order valence-electron chi connectivity index (χ1n) is 7.07. The first kappa shape index (κ1) is 15.4. The van der Waals surface area contributed by atoms with E-state index in [1.807, 2.05) is 0 Å². The lowest BCUT2D eigenvalue weighted by molar-refractivity contribution is -0.0675. The molecule has 0 spiro atoms. The third-order valence-corrected chi connectivity index (χ3v) is 4.40. The second kappa shape index (κ2) is 6.61. The molecule has 0 bridgehead atoms. The molecule has 0 aliphatic heterocycles. The molecule has 2 rings (SSSR count). The van der Waals surface area contributed by atoms with Gasteiger partial charge in [0.15, 0.2) is 11.6 Å². The van der Waals surface area contributed by atoms with Crippen molar-refractivity contribution in [3.05, 3.63) is 35.4 Å². The highest BCUT2D eigenvalue weighted by molar-refractivity contribution is 5.21. The Balaban J connectivity index is 2.21. The van der Waals surface area contributed by atoms with Crippen molar-refractivity contribution in [2.24, 2.45) is 5.84 Å². The van der Waals surface area contributed by atoms with Crippen molar-refractivity contribution in [1.82, 2.24) is 5.43 Å². The van der Waals surface area contributed by atoms with Crippen LogP contribution in [0, 0.1) is 11.6 Å². The van der Waals surface area contributed by atoms with Gasteiger partial charge in [0.2, 0.25) is 0 Å². The van der Waals surface area contributed by atoms with E-state index in [0.717, 1.165) is 31.7 Å². The van der Waals surface area contributed by atoms with Gasteiger partial charge >= 0.3 is 0 Å². The molecule has 0 radical (unpaired) electrons. The number of methoxy groups -OCH3 is 1. The summed E-state index contributed by atoms with van der Waals surface area (Å²) in [5.74, 6) is 4.03. The van der Waals surface area contributed by atoms with Gasteiger partial charge < -0.3 is 4.74 Å². The maximum Gasteiger partial charge on any atom is 0.162 e. The summed E-state index contributed by atoms with van der Waals surface area (Å²) >= 11 is 0. The Kier molecular flexibility index (Phi) is 5.07. The lowest BCUT2D eigenvalue weighted by Crippen LogP contribution is -2.56. The summed E-state index contributed by atoms with van der Waals surface area (Å²) in [5.41, 5.74) is 2.68. The number of nitrogens with two attached hydrogens (primary N) is 1. The van der Waals surface area contributed by atoms with Gasteiger partial charge in [-0.05, 0) is 30.9 Å². The van der Waals surface area contributed by atoms with E-state index in [-0.39, 0.29) is 6.04 Å². The molecular weight excluding hydrogens is 262 g/mol. The highest BCUT2D eigenvalue weighted by atomic mass is 19.2. The molecule has 3 nitrogen and oxygen atoms in total. The number of hydrazine groups is 1. The van der Waals surface area contributed by atoms with E-state index < -0.39 is 17.2 Å². The average molecular weight is 284 g/mol. The molecule has 1 saturated carbocycles. The SMILES string of the molecule is COC1(C(Cc2cccc(F)c2F)NN)CCCCC1. The number of rotatable bonds is 5. The minimum absolute atomic E-state index is 0.232. The maximum absolute atomic E-state index is 13.8. The zero-order valence-electron chi connectivity index (χ0n) is 11.8. The number of nitrogens with one attached hydrogen (secondary N) is 1. The van der Waals surface area contributed by atoms with Gasteiger partial charge in [0.1, 0.15) is 0 Å². The van der Waals surface area contributed by atoms with E-state index in [4.69, 9.17) is 10.6 Å². The Morgan fingerprint density at radius 2 is 2.00 bits per heavy atom. The van der Waals surface area contributed by atoms with E-state index in [1.54, 1.807) is 13.2 Å². The molecule has 1 atom stereocenters. The number of ether oxygens (including phenoxy) is 1. The Bertz CT molecular complexity index is 447. The van der Waals surface area contributed by atoms with Crippen LogP contribution < -0.4 is 11.3 Å². The summed E-state index contributed by atoms with van der Waals surface area (Å²) < 4.78 is 32.8. The predicted molar refractivity (Wildman–Crippen MR) is 74.0 cm³/mol. The number of halogens is 2. The largest absolute Gasteiger partial charge is 0.377 e. The molecule has 1 aromatic carbocycles. The number of hydrogen-bond acceptors (Lipinski definition) is 3. The Morgan fingerprint density at radius 3 is 2.60 bits per heavy atom. The van der Waals surface area contributed by atoms with Crippen molar-refractivity contribution < 1.29 is 13.5 Å². The number of hydrogen-bond donors (Lipinski definition) is 2. The first-order valence-corrected chi connectivity index (χ1v) is 7.07. The quantitative estimate of drug-likeness (QED) is 0.645. The van der Waals surface area contributed by atoms with E-state index in [1.165, 1.54) is 12.5 Å². The molecule has 0 heterocycles. The monoisotopic (exact) mass is 284 g/mol. The van der Waals surface area contributed by atoms with Crippen LogP contribution >= 0.6 is 0 Å². The van der Waals surface area contributed by atoms with Crippen LogP contribution in [-0.2, 0) is 11.2 Å². The predicted octanol–water partition coefficient (Wildman–Crippen LogP) is 2.69. The van der Waals surface area contributed by atoms with Gasteiger partial charge in [-0.15, -0.1) is 0 Å². The molecule has 112 valence electrons. The molecule has 0 aromatic heterocycles. The maximum atomic E-state index is 13.8. The van der Waals surface area contributed by atoms with Crippen LogP contribution in [0.1, 0.15) is 37.7 Å². The van der Waals surface area contributed by atoms with Crippen LogP contribution in [0.25, 0.3) is 0 Å². The Labute approximate surface area is 118 Å².